The van der Waals surface area contributed by atoms with Crippen molar-refractivity contribution in [2.24, 2.45) is 0 Å². The lowest BCUT2D eigenvalue weighted by Crippen LogP contribution is -2.35. The highest BCUT2D eigenvalue weighted by molar-refractivity contribution is 5.80. The van der Waals surface area contributed by atoms with Gasteiger partial charge >= 0.3 is 5.97 Å². The molecule has 1 unspecified atom stereocenters. The molecule has 1 rings (SSSR count). The molecule has 5 nitrogen and oxygen atoms in total. The molecule has 5 heteroatoms. The second-order valence-corrected chi connectivity index (χ2v) is 3.69. The molecule has 0 aliphatic carbocycles. The highest BCUT2D eigenvalue weighted by atomic mass is 16.5. The first-order valence-corrected chi connectivity index (χ1v) is 5.28. The van der Waals surface area contributed by atoms with Crippen LogP contribution in [-0.2, 0) is 14.3 Å². The van der Waals surface area contributed by atoms with Crippen molar-refractivity contribution in [2.75, 3.05) is 13.2 Å². The SMILES string of the molecule is O=C(O)CCC(=O)NCC1CCCCO1. The number of aliphatic carboxylic acids is 1. The summed E-state index contributed by atoms with van der Waals surface area (Å²) >= 11 is 0. The summed E-state index contributed by atoms with van der Waals surface area (Å²) in [6.45, 7) is 1.26. The van der Waals surface area contributed by atoms with Crippen LogP contribution in [0.3, 0.4) is 0 Å². The molecule has 0 saturated carbocycles. The first-order valence-electron chi connectivity index (χ1n) is 5.28. The maximum atomic E-state index is 11.2. The van der Waals surface area contributed by atoms with Gasteiger partial charge in [-0.05, 0) is 19.3 Å². The molecule has 0 radical (unpaired) electrons. The van der Waals surface area contributed by atoms with Crippen LogP contribution in [0.2, 0.25) is 0 Å². The smallest absolute Gasteiger partial charge is 0.303 e. The first-order chi connectivity index (χ1) is 7.18. The monoisotopic (exact) mass is 215 g/mol. The number of hydrogen-bond acceptors (Lipinski definition) is 3. The van der Waals surface area contributed by atoms with Crippen LogP contribution in [0.1, 0.15) is 32.1 Å². The largest absolute Gasteiger partial charge is 0.481 e. The molecule has 15 heavy (non-hydrogen) atoms. The van der Waals surface area contributed by atoms with Crippen LogP contribution < -0.4 is 5.32 Å². The van der Waals surface area contributed by atoms with Gasteiger partial charge in [-0.25, -0.2) is 0 Å². The standard InChI is InChI=1S/C10H17NO4/c12-9(4-5-10(13)14)11-7-8-3-1-2-6-15-8/h8H,1-7H2,(H,11,12)(H,13,14). The van der Waals surface area contributed by atoms with Gasteiger partial charge in [0.15, 0.2) is 0 Å². The minimum absolute atomic E-state index is 0.0437. The van der Waals surface area contributed by atoms with Gasteiger partial charge in [0.2, 0.25) is 5.91 Å². The maximum Gasteiger partial charge on any atom is 0.303 e. The van der Waals surface area contributed by atoms with Gasteiger partial charge in [-0.15, -0.1) is 0 Å². The van der Waals surface area contributed by atoms with Gasteiger partial charge in [0.1, 0.15) is 0 Å². The van der Waals surface area contributed by atoms with Crippen LogP contribution in [-0.4, -0.2) is 36.2 Å². The molecule has 0 bridgehead atoms. The van der Waals surface area contributed by atoms with E-state index in [0.717, 1.165) is 25.9 Å². The molecule has 0 aromatic carbocycles. The minimum Gasteiger partial charge on any atom is -0.481 e. The van der Waals surface area contributed by atoms with E-state index in [1.807, 2.05) is 0 Å². The molecule has 1 heterocycles. The van der Waals surface area contributed by atoms with Crippen LogP contribution in [0.5, 0.6) is 0 Å². The molecule has 1 aliphatic heterocycles. The second kappa shape index (κ2) is 6.40. The fraction of sp³-hybridized carbons (Fsp3) is 0.800. The van der Waals surface area contributed by atoms with Gasteiger partial charge in [-0.2, -0.15) is 0 Å². The van der Waals surface area contributed by atoms with E-state index >= 15 is 0 Å². The van der Waals surface area contributed by atoms with Crippen molar-refractivity contribution in [1.82, 2.24) is 5.32 Å². The number of carbonyl (C=O) groups is 2. The Morgan fingerprint density at radius 1 is 1.33 bits per heavy atom. The van der Waals surface area contributed by atoms with Crippen molar-refractivity contribution in [1.29, 1.82) is 0 Å². The van der Waals surface area contributed by atoms with Crippen molar-refractivity contribution in [2.45, 2.75) is 38.2 Å². The molecule has 1 amide bonds. The molecular formula is C10H17NO4. The Morgan fingerprint density at radius 2 is 2.13 bits per heavy atom. The third-order valence-corrected chi connectivity index (χ3v) is 2.37. The Kier molecular flexibility index (Phi) is 5.10. The maximum absolute atomic E-state index is 11.2. The Morgan fingerprint density at radius 3 is 2.73 bits per heavy atom. The van der Waals surface area contributed by atoms with E-state index in [4.69, 9.17) is 9.84 Å². The van der Waals surface area contributed by atoms with E-state index in [2.05, 4.69) is 5.32 Å². The number of carboxylic acid groups (broad SMARTS) is 1. The minimum atomic E-state index is -0.945. The van der Waals surface area contributed by atoms with Crippen LogP contribution in [0.4, 0.5) is 0 Å². The fourth-order valence-electron chi connectivity index (χ4n) is 1.50. The van der Waals surface area contributed by atoms with Gasteiger partial charge in [0.25, 0.3) is 0 Å². The first kappa shape index (κ1) is 12.0. The van der Waals surface area contributed by atoms with E-state index in [0.29, 0.717) is 6.54 Å². The Bertz CT molecular complexity index is 223. The summed E-state index contributed by atoms with van der Waals surface area (Å²) in [5.74, 6) is -1.16. The summed E-state index contributed by atoms with van der Waals surface area (Å²) in [7, 11) is 0. The zero-order valence-corrected chi connectivity index (χ0v) is 8.70. The lowest BCUT2D eigenvalue weighted by molar-refractivity contribution is -0.138. The van der Waals surface area contributed by atoms with Crippen LogP contribution in [0.25, 0.3) is 0 Å². The third kappa shape index (κ3) is 5.37. The predicted octanol–water partition coefficient (Wildman–Crippen LogP) is 0.536. The van der Waals surface area contributed by atoms with Gasteiger partial charge in [-0.3, -0.25) is 9.59 Å². The fourth-order valence-corrected chi connectivity index (χ4v) is 1.50. The zero-order chi connectivity index (χ0) is 11.1. The average Bonchev–Trinajstić information content (AvgIpc) is 2.25. The van der Waals surface area contributed by atoms with Crippen LogP contribution >= 0.6 is 0 Å². The molecule has 0 aromatic rings. The quantitative estimate of drug-likeness (QED) is 0.701. The number of carboxylic acids is 1. The van der Waals surface area contributed by atoms with E-state index in [1.165, 1.54) is 0 Å². The summed E-state index contributed by atoms with van der Waals surface area (Å²) in [5, 5.41) is 11.1. The highest BCUT2D eigenvalue weighted by Crippen LogP contribution is 2.11. The normalized spacial score (nSPS) is 20.9. The lowest BCUT2D eigenvalue weighted by Gasteiger charge is -2.22. The number of ether oxygens (including phenoxy) is 1. The van der Waals surface area contributed by atoms with E-state index in [9.17, 15) is 9.59 Å². The van der Waals surface area contributed by atoms with Crippen LogP contribution in [0, 0.1) is 0 Å². The summed E-state index contributed by atoms with van der Waals surface area (Å²) in [4.78, 5) is 21.4. The molecule has 1 fully saturated rings. The van der Waals surface area contributed by atoms with Crippen molar-refractivity contribution in [3.05, 3.63) is 0 Å². The number of rotatable bonds is 5. The summed E-state index contributed by atoms with van der Waals surface area (Å²) in [5.41, 5.74) is 0. The Labute approximate surface area is 88.8 Å². The van der Waals surface area contributed by atoms with Crippen LogP contribution in [0.15, 0.2) is 0 Å². The molecule has 0 spiro atoms. The zero-order valence-electron chi connectivity index (χ0n) is 8.70. The van der Waals surface area contributed by atoms with Gasteiger partial charge in [-0.1, -0.05) is 0 Å². The predicted molar refractivity (Wildman–Crippen MR) is 53.5 cm³/mol. The Balaban J connectivity index is 2.07. The van der Waals surface area contributed by atoms with Gasteiger partial charge in [0, 0.05) is 19.6 Å². The van der Waals surface area contributed by atoms with Crippen molar-refractivity contribution in [3.63, 3.8) is 0 Å². The number of hydrogen-bond donors (Lipinski definition) is 2. The average molecular weight is 215 g/mol. The third-order valence-electron chi connectivity index (χ3n) is 2.37. The topological polar surface area (TPSA) is 75.6 Å². The molecule has 1 atom stereocenters. The van der Waals surface area contributed by atoms with E-state index in [1.54, 1.807) is 0 Å². The summed E-state index contributed by atoms with van der Waals surface area (Å²) in [6.07, 6.45) is 3.23. The molecule has 86 valence electrons. The van der Waals surface area contributed by atoms with Crippen molar-refractivity contribution in [3.8, 4) is 0 Å². The van der Waals surface area contributed by atoms with Crippen molar-refractivity contribution < 1.29 is 19.4 Å². The summed E-state index contributed by atoms with van der Waals surface area (Å²) < 4.78 is 5.42. The molecule has 2 N–H and O–H groups in total. The molecule has 0 aromatic heterocycles. The summed E-state index contributed by atoms with van der Waals surface area (Å²) in [6, 6.07) is 0. The van der Waals surface area contributed by atoms with E-state index in [-0.39, 0.29) is 24.9 Å². The van der Waals surface area contributed by atoms with Gasteiger partial charge in [0.05, 0.1) is 12.5 Å². The van der Waals surface area contributed by atoms with Gasteiger partial charge < -0.3 is 15.2 Å². The highest BCUT2D eigenvalue weighted by Gasteiger charge is 2.14. The molecule has 1 aliphatic rings. The Hall–Kier alpha value is -1.10. The van der Waals surface area contributed by atoms with Crippen molar-refractivity contribution >= 4 is 11.9 Å². The number of amides is 1. The number of carbonyl (C=O) groups excluding carboxylic acids is 1. The number of nitrogens with one attached hydrogen (secondary N) is 1. The second-order valence-electron chi connectivity index (χ2n) is 3.69. The molecular weight excluding hydrogens is 198 g/mol. The molecule has 1 saturated heterocycles. The lowest BCUT2D eigenvalue weighted by atomic mass is 10.1. The van der Waals surface area contributed by atoms with E-state index < -0.39 is 5.97 Å².